The van der Waals surface area contributed by atoms with Gasteiger partial charge < -0.3 is 4.90 Å². The zero-order chi connectivity index (χ0) is 16.9. The molecule has 3 nitrogen and oxygen atoms in total. The molecule has 0 radical (unpaired) electrons. The first-order chi connectivity index (χ1) is 11.6. The summed E-state index contributed by atoms with van der Waals surface area (Å²) in [5, 5.41) is 4.35. The molecule has 0 saturated carbocycles. The topological polar surface area (TPSA) is 27.6 Å². The molecule has 1 N–H and O–H groups in total. The Morgan fingerprint density at radius 1 is 1.00 bits per heavy atom. The highest BCUT2D eigenvalue weighted by Gasteiger charge is 2.15. The van der Waals surface area contributed by atoms with Gasteiger partial charge in [-0.25, -0.2) is 0 Å². The lowest BCUT2D eigenvalue weighted by Crippen LogP contribution is -2.32. The first-order valence-electron chi connectivity index (χ1n) is 8.83. The minimum absolute atomic E-state index is 0.865. The minimum atomic E-state index is 0.865. The molecule has 1 heterocycles. The standard InChI is InChI=1S/C21H27N3/c1-16-10-12-24(13-11-16)21-8-5-19(6-9-21)15-22-23-20-7-4-17(2)18(3)14-20/h4-9,14-16,23H,10-13H2,1-3H3. The van der Waals surface area contributed by atoms with E-state index in [1.54, 1.807) is 0 Å². The van der Waals surface area contributed by atoms with Crippen LogP contribution in [0.3, 0.4) is 0 Å². The molecular formula is C21H27N3. The monoisotopic (exact) mass is 321 g/mol. The Kier molecular flexibility index (Phi) is 5.19. The lowest BCUT2D eigenvalue weighted by Gasteiger charge is -2.32. The van der Waals surface area contributed by atoms with Crippen molar-refractivity contribution in [1.82, 2.24) is 0 Å². The van der Waals surface area contributed by atoms with Crippen molar-refractivity contribution in [2.24, 2.45) is 11.0 Å². The second kappa shape index (κ2) is 7.52. The largest absolute Gasteiger partial charge is 0.372 e. The van der Waals surface area contributed by atoms with Crippen molar-refractivity contribution in [2.75, 3.05) is 23.4 Å². The first-order valence-corrected chi connectivity index (χ1v) is 8.83. The molecule has 3 heteroatoms. The molecule has 0 aliphatic carbocycles. The van der Waals surface area contributed by atoms with Gasteiger partial charge in [-0.2, -0.15) is 5.10 Å². The average Bonchev–Trinajstić information content (AvgIpc) is 2.59. The molecule has 2 aromatic rings. The summed E-state index contributed by atoms with van der Waals surface area (Å²) in [5.74, 6) is 0.865. The highest BCUT2D eigenvalue weighted by Crippen LogP contribution is 2.23. The van der Waals surface area contributed by atoms with Gasteiger partial charge in [0.2, 0.25) is 0 Å². The van der Waals surface area contributed by atoms with Crippen molar-refractivity contribution in [1.29, 1.82) is 0 Å². The van der Waals surface area contributed by atoms with E-state index in [2.05, 4.69) is 78.7 Å². The third-order valence-electron chi connectivity index (χ3n) is 4.96. The van der Waals surface area contributed by atoms with Crippen LogP contribution in [0.1, 0.15) is 36.5 Å². The molecule has 126 valence electrons. The van der Waals surface area contributed by atoms with E-state index in [-0.39, 0.29) is 0 Å². The summed E-state index contributed by atoms with van der Waals surface area (Å²) < 4.78 is 0. The molecule has 24 heavy (non-hydrogen) atoms. The highest BCUT2D eigenvalue weighted by molar-refractivity contribution is 5.81. The summed E-state index contributed by atoms with van der Waals surface area (Å²) >= 11 is 0. The third kappa shape index (κ3) is 4.16. The molecule has 0 spiro atoms. The SMILES string of the molecule is Cc1ccc(NN=Cc2ccc(N3CCC(C)CC3)cc2)cc1C. The van der Waals surface area contributed by atoms with Gasteiger partial charge in [-0.1, -0.05) is 25.1 Å². The van der Waals surface area contributed by atoms with Crippen LogP contribution >= 0.6 is 0 Å². The van der Waals surface area contributed by atoms with E-state index in [1.807, 2.05) is 6.21 Å². The van der Waals surface area contributed by atoms with Crippen molar-refractivity contribution in [3.63, 3.8) is 0 Å². The fourth-order valence-electron chi connectivity index (χ4n) is 3.03. The Bertz CT molecular complexity index is 696. The fraction of sp³-hybridized carbons (Fsp3) is 0.381. The second-order valence-electron chi connectivity index (χ2n) is 6.93. The lowest BCUT2D eigenvalue weighted by atomic mass is 9.99. The van der Waals surface area contributed by atoms with Gasteiger partial charge in [-0.15, -0.1) is 0 Å². The van der Waals surface area contributed by atoms with E-state index >= 15 is 0 Å². The molecule has 0 amide bonds. The number of nitrogens with zero attached hydrogens (tertiary/aromatic N) is 2. The number of aryl methyl sites for hydroxylation is 2. The fourth-order valence-corrected chi connectivity index (χ4v) is 3.03. The minimum Gasteiger partial charge on any atom is -0.372 e. The molecule has 0 bridgehead atoms. The number of hydrazone groups is 1. The van der Waals surface area contributed by atoms with Gasteiger partial charge in [0.05, 0.1) is 11.9 Å². The first kappa shape index (κ1) is 16.6. The maximum Gasteiger partial charge on any atom is 0.0564 e. The molecule has 2 aromatic carbocycles. The van der Waals surface area contributed by atoms with E-state index in [0.29, 0.717) is 0 Å². The summed E-state index contributed by atoms with van der Waals surface area (Å²) in [6.07, 6.45) is 4.46. The van der Waals surface area contributed by atoms with Crippen LogP contribution in [0.2, 0.25) is 0 Å². The van der Waals surface area contributed by atoms with Crippen LogP contribution in [-0.4, -0.2) is 19.3 Å². The highest BCUT2D eigenvalue weighted by atomic mass is 15.3. The van der Waals surface area contributed by atoms with Crippen molar-refractivity contribution in [3.8, 4) is 0 Å². The van der Waals surface area contributed by atoms with Crippen molar-refractivity contribution >= 4 is 17.6 Å². The van der Waals surface area contributed by atoms with Crippen LogP contribution in [0, 0.1) is 19.8 Å². The van der Waals surface area contributed by atoms with Crippen molar-refractivity contribution in [2.45, 2.75) is 33.6 Å². The predicted molar refractivity (Wildman–Crippen MR) is 104 cm³/mol. The molecule has 1 fully saturated rings. The van der Waals surface area contributed by atoms with E-state index in [4.69, 9.17) is 0 Å². The van der Waals surface area contributed by atoms with Crippen LogP contribution in [-0.2, 0) is 0 Å². The van der Waals surface area contributed by atoms with Gasteiger partial charge in [-0.05, 0) is 73.6 Å². The summed E-state index contributed by atoms with van der Waals surface area (Å²) in [6, 6.07) is 15.0. The summed E-state index contributed by atoms with van der Waals surface area (Å²) in [6.45, 7) is 8.92. The van der Waals surface area contributed by atoms with Crippen molar-refractivity contribution in [3.05, 3.63) is 59.2 Å². The molecular weight excluding hydrogens is 294 g/mol. The molecule has 1 aliphatic heterocycles. The van der Waals surface area contributed by atoms with Crippen LogP contribution in [0.4, 0.5) is 11.4 Å². The number of hydrogen-bond donors (Lipinski definition) is 1. The quantitative estimate of drug-likeness (QED) is 0.635. The smallest absolute Gasteiger partial charge is 0.0564 e. The van der Waals surface area contributed by atoms with E-state index < -0.39 is 0 Å². The van der Waals surface area contributed by atoms with E-state index in [1.165, 1.54) is 42.7 Å². The maximum absolute atomic E-state index is 4.35. The number of rotatable bonds is 4. The zero-order valence-electron chi connectivity index (χ0n) is 14.9. The number of nitrogens with one attached hydrogen (secondary N) is 1. The van der Waals surface area contributed by atoms with E-state index in [9.17, 15) is 0 Å². The lowest BCUT2D eigenvalue weighted by molar-refractivity contribution is 0.438. The molecule has 3 rings (SSSR count). The molecule has 1 saturated heterocycles. The number of anilines is 2. The van der Waals surface area contributed by atoms with E-state index in [0.717, 1.165) is 17.2 Å². The Morgan fingerprint density at radius 2 is 1.71 bits per heavy atom. The summed E-state index contributed by atoms with van der Waals surface area (Å²) in [4.78, 5) is 2.48. The van der Waals surface area contributed by atoms with Crippen LogP contribution in [0.25, 0.3) is 0 Å². The van der Waals surface area contributed by atoms with Gasteiger partial charge in [0.15, 0.2) is 0 Å². The second-order valence-corrected chi connectivity index (χ2v) is 6.93. The molecule has 0 aromatic heterocycles. The van der Waals surface area contributed by atoms with Crippen LogP contribution in [0.15, 0.2) is 47.6 Å². The summed E-state index contributed by atoms with van der Waals surface area (Å²) in [7, 11) is 0. The number of piperidine rings is 1. The van der Waals surface area contributed by atoms with Crippen LogP contribution in [0.5, 0.6) is 0 Å². The summed E-state index contributed by atoms with van der Waals surface area (Å²) in [5.41, 5.74) is 9.13. The van der Waals surface area contributed by atoms with Gasteiger partial charge in [0.1, 0.15) is 0 Å². The Morgan fingerprint density at radius 3 is 2.38 bits per heavy atom. The van der Waals surface area contributed by atoms with Crippen molar-refractivity contribution < 1.29 is 0 Å². The third-order valence-corrected chi connectivity index (χ3v) is 4.96. The number of hydrogen-bond acceptors (Lipinski definition) is 3. The Labute approximate surface area is 145 Å². The van der Waals surface area contributed by atoms with Gasteiger partial charge >= 0.3 is 0 Å². The molecule has 0 atom stereocenters. The Balaban J connectivity index is 1.58. The van der Waals surface area contributed by atoms with Crippen LogP contribution < -0.4 is 10.3 Å². The zero-order valence-corrected chi connectivity index (χ0v) is 14.9. The van der Waals surface area contributed by atoms with Gasteiger partial charge in [0.25, 0.3) is 0 Å². The molecule has 1 aliphatic rings. The van der Waals surface area contributed by atoms with Gasteiger partial charge in [0, 0.05) is 18.8 Å². The Hall–Kier alpha value is -2.29. The molecule has 0 unspecified atom stereocenters. The maximum atomic E-state index is 4.35. The predicted octanol–water partition coefficient (Wildman–Crippen LogP) is 4.99. The number of benzene rings is 2. The van der Waals surface area contributed by atoms with Gasteiger partial charge in [-0.3, -0.25) is 5.43 Å². The normalized spacial score (nSPS) is 15.9. The average molecular weight is 321 g/mol.